The molecule has 0 saturated carbocycles. The van der Waals surface area contributed by atoms with E-state index in [4.69, 9.17) is 5.26 Å². The summed E-state index contributed by atoms with van der Waals surface area (Å²) in [4.78, 5) is 7.70. The first kappa shape index (κ1) is 11.9. The van der Waals surface area contributed by atoms with Gasteiger partial charge in [-0.05, 0) is 18.2 Å². The van der Waals surface area contributed by atoms with Crippen LogP contribution in [0.5, 0.6) is 0 Å². The van der Waals surface area contributed by atoms with Gasteiger partial charge in [-0.15, -0.1) is 0 Å². The van der Waals surface area contributed by atoms with Crippen molar-refractivity contribution in [3.05, 3.63) is 53.5 Å². The van der Waals surface area contributed by atoms with E-state index in [-0.39, 0.29) is 23.6 Å². The van der Waals surface area contributed by atoms with Crippen LogP contribution in [0.4, 0.5) is 14.6 Å². The molecule has 0 atom stereocenters. The summed E-state index contributed by atoms with van der Waals surface area (Å²) < 4.78 is 26.3. The monoisotopic (exact) mass is 246 g/mol. The maximum atomic E-state index is 13.3. The zero-order valence-corrected chi connectivity index (χ0v) is 9.19. The number of benzene rings is 1. The van der Waals surface area contributed by atoms with E-state index < -0.39 is 11.6 Å². The zero-order chi connectivity index (χ0) is 13.0. The van der Waals surface area contributed by atoms with Gasteiger partial charge < -0.3 is 5.32 Å². The molecule has 0 unspecified atom stereocenters. The average molecular weight is 246 g/mol. The Labute approximate surface area is 102 Å². The van der Waals surface area contributed by atoms with Crippen LogP contribution in [0, 0.1) is 23.0 Å². The van der Waals surface area contributed by atoms with E-state index in [0.29, 0.717) is 0 Å². The summed E-state index contributed by atoms with van der Waals surface area (Å²) in [5.74, 6) is -0.803. The Morgan fingerprint density at radius 1 is 1.22 bits per heavy atom. The normalized spacial score (nSPS) is 9.83. The predicted octanol–water partition coefficient (Wildman–Crippen LogP) is 2.24. The van der Waals surface area contributed by atoms with Gasteiger partial charge in [-0.25, -0.2) is 18.7 Å². The van der Waals surface area contributed by atoms with Crippen molar-refractivity contribution in [2.75, 3.05) is 5.32 Å². The van der Waals surface area contributed by atoms with Gasteiger partial charge in [0.05, 0.1) is 0 Å². The van der Waals surface area contributed by atoms with E-state index in [1.165, 1.54) is 12.4 Å². The highest BCUT2D eigenvalue weighted by molar-refractivity contribution is 5.47. The molecule has 0 radical (unpaired) electrons. The summed E-state index contributed by atoms with van der Waals surface area (Å²) >= 11 is 0. The van der Waals surface area contributed by atoms with Crippen LogP contribution in [-0.2, 0) is 6.54 Å². The molecule has 0 fully saturated rings. The van der Waals surface area contributed by atoms with Gasteiger partial charge in [0, 0.05) is 24.5 Å². The second-order valence-electron chi connectivity index (χ2n) is 3.45. The van der Waals surface area contributed by atoms with E-state index in [1.54, 1.807) is 0 Å². The second kappa shape index (κ2) is 5.19. The molecule has 0 amide bonds. The summed E-state index contributed by atoms with van der Waals surface area (Å²) in [5.41, 5.74) is 0.263. The van der Waals surface area contributed by atoms with Gasteiger partial charge >= 0.3 is 0 Å². The Morgan fingerprint density at radius 3 is 2.78 bits per heavy atom. The van der Waals surface area contributed by atoms with Gasteiger partial charge in [-0.3, -0.25) is 0 Å². The molecular weight excluding hydrogens is 238 g/mol. The van der Waals surface area contributed by atoms with Gasteiger partial charge in [-0.2, -0.15) is 5.26 Å². The number of rotatable bonds is 3. The molecule has 90 valence electrons. The van der Waals surface area contributed by atoms with Crippen molar-refractivity contribution in [3.63, 3.8) is 0 Å². The lowest BCUT2D eigenvalue weighted by molar-refractivity contribution is 0.587. The third kappa shape index (κ3) is 2.58. The highest BCUT2D eigenvalue weighted by Gasteiger charge is 2.07. The lowest BCUT2D eigenvalue weighted by atomic mass is 10.2. The standard InChI is InChI=1S/C12H8F2N4/c13-9-1-2-10(14)8(5-9)7-18-12-11(6-15)16-3-4-17-12/h1-5H,7H2,(H,17,18). The number of aromatic nitrogens is 2. The maximum absolute atomic E-state index is 13.3. The average Bonchev–Trinajstić information content (AvgIpc) is 2.40. The van der Waals surface area contributed by atoms with E-state index in [2.05, 4.69) is 15.3 Å². The molecule has 0 saturated heterocycles. The largest absolute Gasteiger partial charge is 0.363 e. The van der Waals surface area contributed by atoms with Crippen molar-refractivity contribution in [3.8, 4) is 6.07 Å². The second-order valence-corrected chi connectivity index (χ2v) is 3.45. The summed E-state index contributed by atoms with van der Waals surface area (Å²) in [6, 6.07) is 5.04. The Kier molecular flexibility index (Phi) is 3.44. The lowest BCUT2D eigenvalue weighted by Crippen LogP contribution is -2.06. The molecule has 0 spiro atoms. The van der Waals surface area contributed by atoms with Gasteiger partial charge in [0.15, 0.2) is 11.5 Å². The molecule has 18 heavy (non-hydrogen) atoms. The number of hydrogen-bond acceptors (Lipinski definition) is 4. The molecule has 4 nitrogen and oxygen atoms in total. The first-order valence-electron chi connectivity index (χ1n) is 5.09. The highest BCUT2D eigenvalue weighted by atomic mass is 19.1. The first-order chi connectivity index (χ1) is 8.70. The number of hydrogen-bond donors (Lipinski definition) is 1. The van der Waals surface area contributed by atoms with E-state index in [0.717, 1.165) is 18.2 Å². The third-order valence-electron chi connectivity index (χ3n) is 2.26. The van der Waals surface area contributed by atoms with E-state index in [1.807, 2.05) is 6.07 Å². The zero-order valence-electron chi connectivity index (χ0n) is 9.19. The number of nitriles is 1. The molecule has 1 N–H and O–H groups in total. The smallest absolute Gasteiger partial charge is 0.182 e. The molecule has 1 aromatic carbocycles. The third-order valence-corrected chi connectivity index (χ3v) is 2.26. The maximum Gasteiger partial charge on any atom is 0.182 e. The lowest BCUT2D eigenvalue weighted by Gasteiger charge is -2.07. The summed E-state index contributed by atoms with van der Waals surface area (Å²) in [6.07, 6.45) is 2.79. The molecule has 0 aliphatic carbocycles. The minimum atomic E-state index is -0.522. The van der Waals surface area contributed by atoms with Crippen molar-refractivity contribution < 1.29 is 8.78 Å². The SMILES string of the molecule is N#Cc1nccnc1NCc1cc(F)ccc1F. The van der Waals surface area contributed by atoms with Gasteiger partial charge in [0.1, 0.15) is 17.7 Å². The van der Waals surface area contributed by atoms with Crippen LogP contribution in [0.1, 0.15) is 11.3 Å². The van der Waals surface area contributed by atoms with Crippen LogP contribution in [0.2, 0.25) is 0 Å². The molecular formula is C12H8F2N4. The molecule has 0 aliphatic rings. The topological polar surface area (TPSA) is 61.6 Å². The quantitative estimate of drug-likeness (QED) is 0.902. The molecule has 6 heteroatoms. The molecule has 0 aliphatic heterocycles. The summed E-state index contributed by atoms with van der Waals surface area (Å²) in [6.45, 7) is 0.0248. The van der Waals surface area contributed by atoms with E-state index in [9.17, 15) is 8.78 Å². The fourth-order valence-corrected chi connectivity index (χ4v) is 1.41. The molecule has 1 aromatic heterocycles. The predicted molar refractivity (Wildman–Crippen MR) is 60.4 cm³/mol. The van der Waals surface area contributed by atoms with Crippen molar-refractivity contribution >= 4 is 5.82 Å². The van der Waals surface area contributed by atoms with Crippen LogP contribution >= 0.6 is 0 Å². The van der Waals surface area contributed by atoms with Crippen LogP contribution in [0.15, 0.2) is 30.6 Å². The number of halogens is 2. The van der Waals surface area contributed by atoms with Crippen LogP contribution in [-0.4, -0.2) is 9.97 Å². The van der Waals surface area contributed by atoms with Crippen LogP contribution < -0.4 is 5.32 Å². The van der Waals surface area contributed by atoms with Crippen molar-refractivity contribution in [1.82, 2.24) is 9.97 Å². The highest BCUT2D eigenvalue weighted by Crippen LogP contribution is 2.13. The van der Waals surface area contributed by atoms with Crippen LogP contribution in [0.25, 0.3) is 0 Å². The molecule has 2 aromatic rings. The minimum absolute atomic E-state index is 0.0248. The van der Waals surface area contributed by atoms with E-state index >= 15 is 0 Å². The molecule has 2 rings (SSSR count). The fraction of sp³-hybridized carbons (Fsp3) is 0.0833. The van der Waals surface area contributed by atoms with Crippen molar-refractivity contribution in [2.45, 2.75) is 6.54 Å². The molecule has 1 heterocycles. The van der Waals surface area contributed by atoms with Crippen LogP contribution in [0.3, 0.4) is 0 Å². The Hall–Kier alpha value is -2.55. The Morgan fingerprint density at radius 2 is 2.00 bits per heavy atom. The van der Waals surface area contributed by atoms with Gasteiger partial charge in [0.2, 0.25) is 0 Å². The van der Waals surface area contributed by atoms with Crippen molar-refractivity contribution in [2.24, 2.45) is 0 Å². The minimum Gasteiger partial charge on any atom is -0.363 e. The number of nitrogens with zero attached hydrogens (tertiary/aromatic N) is 3. The fourth-order valence-electron chi connectivity index (χ4n) is 1.41. The number of nitrogens with one attached hydrogen (secondary N) is 1. The summed E-state index contributed by atoms with van der Waals surface area (Å²) in [7, 11) is 0. The van der Waals surface area contributed by atoms with Crippen molar-refractivity contribution in [1.29, 1.82) is 5.26 Å². The van der Waals surface area contributed by atoms with Gasteiger partial charge in [-0.1, -0.05) is 0 Å². The first-order valence-corrected chi connectivity index (χ1v) is 5.09. The Balaban J connectivity index is 2.17. The Bertz CT molecular complexity index is 607. The van der Waals surface area contributed by atoms with Gasteiger partial charge in [0.25, 0.3) is 0 Å². The molecule has 0 bridgehead atoms. The number of anilines is 1. The summed E-state index contributed by atoms with van der Waals surface area (Å²) in [5, 5.41) is 11.5.